The van der Waals surface area contributed by atoms with Crippen LogP contribution in [-0.2, 0) is 13.2 Å². The quantitative estimate of drug-likeness (QED) is 0.366. The third-order valence-electron chi connectivity index (χ3n) is 5.73. The normalized spacial score (nSPS) is 11.4. The monoisotopic (exact) mass is 402 g/mol. The fourth-order valence-corrected chi connectivity index (χ4v) is 3.80. The van der Waals surface area contributed by atoms with Crippen LogP contribution in [0.5, 0.6) is 5.75 Å². The average molecular weight is 403 g/mol. The molecule has 0 aliphatic rings. The maximum atomic E-state index is 13.7. The molecule has 0 aliphatic heterocycles. The van der Waals surface area contributed by atoms with Gasteiger partial charge in [-0.3, -0.25) is 4.98 Å². The Morgan fingerprint density at radius 1 is 1.00 bits per heavy atom. The van der Waals surface area contributed by atoms with Crippen molar-refractivity contribution in [3.05, 3.63) is 94.6 Å². The Kier molecular flexibility index (Phi) is 5.58. The van der Waals surface area contributed by atoms with E-state index in [1.165, 1.54) is 11.6 Å². The Balaban J connectivity index is 1.67. The summed E-state index contributed by atoms with van der Waals surface area (Å²) in [4.78, 5) is 4.59. The number of fused-ring (bicyclic) bond motifs is 1. The van der Waals surface area contributed by atoms with Crippen molar-refractivity contribution < 1.29 is 9.13 Å². The first-order chi connectivity index (χ1) is 14.4. The molecule has 2 aromatic heterocycles. The molecule has 3 nitrogen and oxygen atoms in total. The molecule has 0 fully saturated rings. The number of benzene rings is 2. The van der Waals surface area contributed by atoms with Gasteiger partial charge in [-0.1, -0.05) is 50.2 Å². The molecule has 0 aliphatic carbocycles. The first kappa shape index (κ1) is 20.1. The first-order valence-electron chi connectivity index (χ1n) is 10.3. The van der Waals surface area contributed by atoms with Crippen molar-refractivity contribution in [1.82, 2.24) is 9.55 Å². The number of hydrogen-bond donors (Lipinski definition) is 0. The molecule has 4 aromatic rings. The first-order valence-corrected chi connectivity index (χ1v) is 10.3. The van der Waals surface area contributed by atoms with Gasteiger partial charge in [-0.05, 0) is 54.2 Å². The Morgan fingerprint density at radius 2 is 1.77 bits per heavy atom. The van der Waals surface area contributed by atoms with Crippen LogP contribution in [0.25, 0.3) is 11.0 Å². The van der Waals surface area contributed by atoms with E-state index >= 15 is 0 Å². The second kappa shape index (κ2) is 8.31. The number of aromatic nitrogens is 2. The van der Waals surface area contributed by atoms with Crippen LogP contribution in [0.15, 0.2) is 60.8 Å². The maximum absolute atomic E-state index is 13.7. The van der Waals surface area contributed by atoms with E-state index in [1.807, 2.05) is 12.1 Å². The van der Waals surface area contributed by atoms with Crippen molar-refractivity contribution in [2.75, 3.05) is 0 Å². The zero-order valence-electron chi connectivity index (χ0n) is 17.9. The lowest BCUT2D eigenvalue weighted by Crippen LogP contribution is -2.04. The Labute approximate surface area is 177 Å². The second-order valence-corrected chi connectivity index (χ2v) is 8.12. The highest BCUT2D eigenvalue weighted by Gasteiger charge is 2.17. The average Bonchev–Trinajstić information content (AvgIpc) is 2.98. The molecule has 0 N–H and O–H groups in total. The van der Waals surface area contributed by atoms with Crippen molar-refractivity contribution in [1.29, 1.82) is 0 Å². The highest BCUT2D eigenvalue weighted by atomic mass is 19.1. The molecule has 0 saturated heterocycles. The molecule has 4 rings (SSSR count). The van der Waals surface area contributed by atoms with E-state index in [0.29, 0.717) is 19.1 Å². The highest BCUT2D eigenvalue weighted by molar-refractivity contribution is 5.86. The second-order valence-electron chi connectivity index (χ2n) is 8.12. The van der Waals surface area contributed by atoms with Crippen LogP contribution in [0.3, 0.4) is 0 Å². The van der Waals surface area contributed by atoms with Gasteiger partial charge in [0.1, 0.15) is 23.7 Å². The number of ether oxygens (including phenoxy) is 1. The summed E-state index contributed by atoms with van der Waals surface area (Å²) in [6, 6.07) is 17.2. The van der Waals surface area contributed by atoms with Crippen molar-refractivity contribution >= 4 is 11.0 Å². The molecule has 0 amide bonds. The van der Waals surface area contributed by atoms with Crippen LogP contribution in [0.4, 0.5) is 4.39 Å². The van der Waals surface area contributed by atoms with Crippen molar-refractivity contribution in [2.45, 2.75) is 46.8 Å². The van der Waals surface area contributed by atoms with Gasteiger partial charge in [0.05, 0.1) is 5.52 Å². The van der Waals surface area contributed by atoms with Gasteiger partial charge in [-0.25, -0.2) is 4.39 Å². The Bertz CT molecular complexity index is 1180. The van der Waals surface area contributed by atoms with E-state index in [0.717, 1.165) is 39.2 Å². The van der Waals surface area contributed by atoms with Gasteiger partial charge < -0.3 is 9.30 Å². The minimum atomic E-state index is -0.224. The number of halogens is 1. The SMILES string of the molecule is Cc1c(C)n(Cc2cccc(F)c2)c2c(OCc3ccc(C(C)C)cc3)ccnc12. The van der Waals surface area contributed by atoms with Crippen LogP contribution >= 0.6 is 0 Å². The van der Waals surface area contributed by atoms with Crippen LogP contribution in [0.2, 0.25) is 0 Å². The van der Waals surface area contributed by atoms with E-state index in [1.54, 1.807) is 18.3 Å². The highest BCUT2D eigenvalue weighted by Crippen LogP contribution is 2.32. The fourth-order valence-electron chi connectivity index (χ4n) is 3.80. The largest absolute Gasteiger partial charge is 0.487 e. The molecule has 0 unspecified atom stereocenters. The molecule has 2 heterocycles. The standard InChI is InChI=1S/C26H27FN2O/c1-17(2)22-10-8-20(9-11-22)16-30-24-12-13-28-25-18(3)19(4)29(26(24)25)15-21-6-5-7-23(27)14-21/h5-14,17H,15-16H2,1-4H3. The van der Waals surface area contributed by atoms with E-state index in [9.17, 15) is 4.39 Å². The summed E-state index contributed by atoms with van der Waals surface area (Å²) in [6.45, 7) is 9.58. The van der Waals surface area contributed by atoms with Gasteiger partial charge in [0.25, 0.3) is 0 Å². The topological polar surface area (TPSA) is 27.1 Å². The van der Waals surface area contributed by atoms with Gasteiger partial charge in [0.15, 0.2) is 0 Å². The van der Waals surface area contributed by atoms with Gasteiger partial charge in [0, 0.05) is 24.5 Å². The molecule has 154 valence electrons. The molecule has 2 aromatic carbocycles. The zero-order valence-corrected chi connectivity index (χ0v) is 17.9. The molecule has 0 spiro atoms. The minimum absolute atomic E-state index is 0.224. The summed E-state index contributed by atoms with van der Waals surface area (Å²) in [5.74, 6) is 1.08. The molecular weight excluding hydrogens is 375 g/mol. The number of nitrogens with zero attached hydrogens (tertiary/aromatic N) is 2. The smallest absolute Gasteiger partial charge is 0.147 e. The summed E-state index contributed by atoms with van der Waals surface area (Å²) < 4.78 is 22.1. The zero-order chi connectivity index (χ0) is 21.3. The number of rotatable bonds is 6. The van der Waals surface area contributed by atoms with Crippen LogP contribution in [0.1, 0.15) is 47.7 Å². The minimum Gasteiger partial charge on any atom is -0.487 e. The Hall–Kier alpha value is -3.14. The summed E-state index contributed by atoms with van der Waals surface area (Å²) in [6.07, 6.45) is 1.79. The van der Waals surface area contributed by atoms with Crippen molar-refractivity contribution in [2.24, 2.45) is 0 Å². The van der Waals surface area contributed by atoms with E-state index in [2.05, 4.69) is 61.5 Å². The van der Waals surface area contributed by atoms with Crippen molar-refractivity contribution in [3.8, 4) is 5.75 Å². The van der Waals surface area contributed by atoms with Crippen molar-refractivity contribution in [3.63, 3.8) is 0 Å². The number of pyridine rings is 1. The summed E-state index contributed by atoms with van der Waals surface area (Å²) in [5, 5.41) is 0. The lowest BCUT2D eigenvalue weighted by molar-refractivity contribution is 0.308. The lowest BCUT2D eigenvalue weighted by atomic mass is 10.0. The van der Waals surface area contributed by atoms with Gasteiger partial charge in [-0.15, -0.1) is 0 Å². The van der Waals surface area contributed by atoms with Gasteiger partial charge in [-0.2, -0.15) is 0 Å². The molecular formula is C26H27FN2O. The van der Waals surface area contributed by atoms with Gasteiger partial charge >= 0.3 is 0 Å². The fraction of sp³-hybridized carbons (Fsp3) is 0.269. The van der Waals surface area contributed by atoms with Crippen LogP contribution in [0, 0.1) is 19.7 Å². The molecule has 0 saturated carbocycles. The van der Waals surface area contributed by atoms with E-state index < -0.39 is 0 Å². The summed E-state index contributed by atoms with van der Waals surface area (Å²) >= 11 is 0. The summed E-state index contributed by atoms with van der Waals surface area (Å²) in [7, 11) is 0. The molecule has 0 radical (unpaired) electrons. The molecule has 4 heteroatoms. The van der Waals surface area contributed by atoms with E-state index in [4.69, 9.17) is 4.74 Å². The third kappa shape index (κ3) is 3.95. The molecule has 30 heavy (non-hydrogen) atoms. The maximum Gasteiger partial charge on any atom is 0.147 e. The summed E-state index contributed by atoms with van der Waals surface area (Å²) in [5.41, 5.74) is 7.47. The predicted octanol–water partition coefficient (Wildman–Crippen LogP) is 6.54. The Morgan fingerprint density at radius 3 is 2.47 bits per heavy atom. The van der Waals surface area contributed by atoms with Gasteiger partial charge in [0.2, 0.25) is 0 Å². The van der Waals surface area contributed by atoms with Crippen LogP contribution in [-0.4, -0.2) is 9.55 Å². The molecule has 0 atom stereocenters. The van der Waals surface area contributed by atoms with E-state index in [-0.39, 0.29) is 5.82 Å². The molecule has 0 bridgehead atoms. The third-order valence-corrected chi connectivity index (χ3v) is 5.73. The lowest BCUT2D eigenvalue weighted by Gasteiger charge is -2.13. The number of aryl methyl sites for hydroxylation is 1. The predicted molar refractivity (Wildman–Crippen MR) is 120 cm³/mol. The van der Waals surface area contributed by atoms with Crippen LogP contribution < -0.4 is 4.74 Å². The number of hydrogen-bond acceptors (Lipinski definition) is 2.